The SMILES string of the molecule is CCC1(OC(=O)CCCBr)CCCCC1. The molecule has 0 aliphatic heterocycles. The summed E-state index contributed by atoms with van der Waals surface area (Å²) in [5.41, 5.74) is -0.123. The van der Waals surface area contributed by atoms with Gasteiger partial charge in [-0.05, 0) is 38.5 Å². The van der Waals surface area contributed by atoms with Crippen molar-refractivity contribution in [2.24, 2.45) is 0 Å². The first-order valence-corrected chi connectivity index (χ1v) is 7.12. The fourth-order valence-electron chi connectivity index (χ4n) is 2.23. The second-order valence-electron chi connectivity index (χ2n) is 4.36. The van der Waals surface area contributed by atoms with Gasteiger partial charge in [-0.25, -0.2) is 0 Å². The van der Waals surface area contributed by atoms with Gasteiger partial charge in [0.1, 0.15) is 5.60 Å². The third kappa shape index (κ3) is 4.13. The van der Waals surface area contributed by atoms with E-state index in [1.165, 1.54) is 19.3 Å². The molecule has 0 aromatic rings. The normalized spacial score (nSPS) is 19.9. The smallest absolute Gasteiger partial charge is 0.306 e. The first-order valence-electron chi connectivity index (χ1n) is 6.00. The Morgan fingerprint density at radius 3 is 2.53 bits per heavy atom. The van der Waals surface area contributed by atoms with Crippen LogP contribution >= 0.6 is 15.9 Å². The summed E-state index contributed by atoms with van der Waals surface area (Å²) < 4.78 is 5.67. The third-order valence-corrected chi connectivity index (χ3v) is 3.81. The number of carbonyl (C=O) groups is 1. The average Bonchev–Trinajstić information content (AvgIpc) is 2.27. The number of carbonyl (C=O) groups excluding carboxylic acids is 1. The summed E-state index contributed by atoms with van der Waals surface area (Å²) in [4.78, 5) is 11.6. The van der Waals surface area contributed by atoms with Gasteiger partial charge in [0.05, 0.1) is 0 Å². The largest absolute Gasteiger partial charge is 0.459 e. The molecule has 15 heavy (non-hydrogen) atoms. The van der Waals surface area contributed by atoms with E-state index in [4.69, 9.17) is 4.74 Å². The second kappa shape index (κ2) is 6.51. The Kier molecular flexibility index (Phi) is 5.65. The number of esters is 1. The van der Waals surface area contributed by atoms with Gasteiger partial charge >= 0.3 is 5.97 Å². The van der Waals surface area contributed by atoms with Crippen molar-refractivity contribution >= 4 is 21.9 Å². The summed E-state index contributed by atoms with van der Waals surface area (Å²) in [6.45, 7) is 2.13. The molecule has 0 atom stereocenters. The van der Waals surface area contributed by atoms with Crippen LogP contribution in [-0.2, 0) is 9.53 Å². The molecule has 3 heteroatoms. The fourth-order valence-corrected chi connectivity index (χ4v) is 2.51. The summed E-state index contributed by atoms with van der Waals surface area (Å²) >= 11 is 3.33. The van der Waals surface area contributed by atoms with Crippen LogP contribution in [0, 0.1) is 0 Å². The number of hydrogen-bond acceptors (Lipinski definition) is 2. The number of rotatable bonds is 5. The van der Waals surface area contributed by atoms with E-state index in [0.29, 0.717) is 6.42 Å². The average molecular weight is 277 g/mol. The number of halogens is 1. The van der Waals surface area contributed by atoms with Crippen LogP contribution in [-0.4, -0.2) is 16.9 Å². The van der Waals surface area contributed by atoms with Crippen LogP contribution in [0.2, 0.25) is 0 Å². The van der Waals surface area contributed by atoms with Crippen LogP contribution in [0.25, 0.3) is 0 Å². The molecule has 0 bridgehead atoms. The van der Waals surface area contributed by atoms with E-state index in [1.807, 2.05) is 0 Å². The minimum atomic E-state index is -0.123. The van der Waals surface area contributed by atoms with Gasteiger partial charge in [-0.1, -0.05) is 29.3 Å². The first-order chi connectivity index (χ1) is 7.22. The molecule has 0 radical (unpaired) electrons. The van der Waals surface area contributed by atoms with Gasteiger partial charge < -0.3 is 4.74 Å². The van der Waals surface area contributed by atoms with Crippen molar-refractivity contribution in [2.75, 3.05) is 5.33 Å². The number of ether oxygens (including phenoxy) is 1. The van der Waals surface area contributed by atoms with Crippen LogP contribution in [0.15, 0.2) is 0 Å². The molecular weight excluding hydrogens is 256 g/mol. The highest BCUT2D eigenvalue weighted by Gasteiger charge is 2.33. The minimum absolute atomic E-state index is 0.0156. The maximum Gasteiger partial charge on any atom is 0.306 e. The molecule has 0 aromatic carbocycles. The lowest BCUT2D eigenvalue weighted by Gasteiger charge is -2.36. The molecule has 0 heterocycles. The molecule has 0 unspecified atom stereocenters. The van der Waals surface area contributed by atoms with Crippen molar-refractivity contribution in [2.45, 2.75) is 63.9 Å². The van der Waals surface area contributed by atoms with Crippen molar-refractivity contribution in [3.05, 3.63) is 0 Å². The predicted octanol–water partition coefficient (Wildman–Crippen LogP) is 3.82. The summed E-state index contributed by atoms with van der Waals surface area (Å²) in [6.07, 6.45) is 8.21. The van der Waals surface area contributed by atoms with Crippen LogP contribution in [0.1, 0.15) is 58.3 Å². The Bertz CT molecular complexity index is 198. The highest BCUT2D eigenvalue weighted by molar-refractivity contribution is 9.09. The van der Waals surface area contributed by atoms with E-state index in [0.717, 1.165) is 31.0 Å². The molecule has 1 aliphatic carbocycles. The van der Waals surface area contributed by atoms with Crippen molar-refractivity contribution in [1.29, 1.82) is 0 Å². The fraction of sp³-hybridized carbons (Fsp3) is 0.917. The van der Waals surface area contributed by atoms with Gasteiger partial charge in [0.2, 0.25) is 0 Å². The van der Waals surface area contributed by atoms with E-state index in [1.54, 1.807) is 0 Å². The molecule has 1 rings (SSSR count). The Morgan fingerprint density at radius 1 is 1.33 bits per heavy atom. The van der Waals surface area contributed by atoms with E-state index < -0.39 is 0 Å². The van der Waals surface area contributed by atoms with E-state index in [-0.39, 0.29) is 11.6 Å². The maximum absolute atomic E-state index is 11.6. The van der Waals surface area contributed by atoms with Crippen molar-refractivity contribution < 1.29 is 9.53 Å². The topological polar surface area (TPSA) is 26.3 Å². The number of hydrogen-bond donors (Lipinski definition) is 0. The summed E-state index contributed by atoms with van der Waals surface area (Å²) in [6, 6.07) is 0. The van der Waals surface area contributed by atoms with Crippen LogP contribution < -0.4 is 0 Å². The number of alkyl halides is 1. The summed E-state index contributed by atoms with van der Waals surface area (Å²) in [5, 5.41) is 0.876. The standard InChI is InChI=1S/C12H21BrO2/c1-2-12(8-4-3-5-9-12)15-11(14)7-6-10-13/h2-10H2,1H3. The van der Waals surface area contributed by atoms with Gasteiger partial charge in [-0.2, -0.15) is 0 Å². The monoisotopic (exact) mass is 276 g/mol. The molecule has 1 fully saturated rings. The molecule has 0 aromatic heterocycles. The van der Waals surface area contributed by atoms with Crippen molar-refractivity contribution in [3.8, 4) is 0 Å². The maximum atomic E-state index is 11.6. The molecule has 1 saturated carbocycles. The Balaban J connectivity index is 2.40. The highest BCUT2D eigenvalue weighted by Crippen LogP contribution is 2.34. The van der Waals surface area contributed by atoms with Crippen LogP contribution in [0.3, 0.4) is 0 Å². The Hall–Kier alpha value is -0.0500. The molecule has 88 valence electrons. The molecule has 0 amide bonds. The Morgan fingerprint density at radius 2 is 2.00 bits per heavy atom. The van der Waals surface area contributed by atoms with E-state index in [9.17, 15) is 4.79 Å². The van der Waals surface area contributed by atoms with Crippen molar-refractivity contribution in [3.63, 3.8) is 0 Å². The third-order valence-electron chi connectivity index (χ3n) is 3.25. The summed E-state index contributed by atoms with van der Waals surface area (Å²) in [7, 11) is 0. The van der Waals surface area contributed by atoms with Crippen LogP contribution in [0.5, 0.6) is 0 Å². The molecular formula is C12H21BrO2. The van der Waals surface area contributed by atoms with Crippen LogP contribution in [0.4, 0.5) is 0 Å². The molecule has 0 spiro atoms. The molecule has 1 aliphatic rings. The summed E-state index contributed by atoms with van der Waals surface area (Å²) in [5.74, 6) is -0.0156. The molecule has 0 N–H and O–H groups in total. The van der Waals surface area contributed by atoms with Crippen molar-refractivity contribution in [1.82, 2.24) is 0 Å². The lowest BCUT2D eigenvalue weighted by Crippen LogP contribution is -2.36. The first kappa shape index (κ1) is 13.0. The molecule has 0 saturated heterocycles. The van der Waals surface area contributed by atoms with Gasteiger partial charge in [0.15, 0.2) is 0 Å². The predicted molar refractivity (Wildman–Crippen MR) is 65.2 cm³/mol. The zero-order chi connectivity index (χ0) is 11.1. The zero-order valence-electron chi connectivity index (χ0n) is 9.56. The van der Waals surface area contributed by atoms with Gasteiger partial charge in [0.25, 0.3) is 0 Å². The van der Waals surface area contributed by atoms with E-state index in [2.05, 4.69) is 22.9 Å². The molecule has 2 nitrogen and oxygen atoms in total. The lowest BCUT2D eigenvalue weighted by atomic mass is 9.83. The van der Waals surface area contributed by atoms with Gasteiger partial charge in [-0.15, -0.1) is 0 Å². The highest BCUT2D eigenvalue weighted by atomic mass is 79.9. The minimum Gasteiger partial charge on any atom is -0.459 e. The Labute approximate surface area is 101 Å². The second-order valence-corrected chi connectivity index (χ2v) is 5.16. The van der Waals surface area contributed by atoms with E-state index >= 15 is 0 Å². The lowest BCUT2D eigenvalue weighted by molar-refractivity contribution is -0.163. The van der Waals surface area contributed by atoms with Gasteiger partial charge in [0, 0.05) is 11.8 Å². The quantitative estimate of drug-likeness (QED) is 0.564. The zero-order valence-corrected chi connectivity index (χ0v) is 11.1. The van der Waals surface area contributed by atoms with Gasteiger partial charge in [-0.3, -0.25) is 4.79 Å².